The second-order valence-corrected chi connectivity index (χ2v) is 5.77. The first-order valence-corrected chi connectivity index (χ1v) is 7.82. The van der Waals surface area contributed by atoms with Crippen LogP contribution in [0.5, 0.6) is 0 Å². The number of aryl methyl sites for hydroxylation is 2. The van der Waals surface area contributed by atoms with Crippen molar-refractivity contribution >= 4 is 11.8 Å². The van der Waals surface area contributed by atoms with E-state index in [1.54, 1.807) is 6.20 Å². The normalized spacial score (nSPS) is 10.9. The van der Waals surface area contributed by atoms with Crippen LogP contribution in [-0.4, -0.2) is 29.7 Å². The Labute approximate surface area is 133 Å². The van der Waals surface area contributed by atoms with Gasteiger partial charge >= 0.3 is 0 Å². The van der Waals surface area contributed by atoms with Gasteiger partial charge in [0.05, 0.1) is 0 Å². The Hall–Kier alpha value is -2.28. The van der Waals surface area contributed by atoms with Gasteiger partial charge in [0.25, 0.3) is 0 Å². The fraction of sp³-hybridized carbons (Fsp3) is 0.267. The lowest BCUT2D eigenvalue weighted by Gasteiger charge is -2.05. The third-order valence-corrected chi connectivity index (χ3v) is 4.11. The Morgan fingerprint density at radius 3 is 2.77 bits per heavy atom. The number of aromatic nitrogens is 6. The molecule has 7 heteroatoms. The third kappa shape index (κ3) is 2.99. The van der Waals surface area contributed by atoms with Gasteiger partial charge < -0.3 is 4.57 Å². The van der Waals surface area contributed by atoms with Crippen molar-refractivity contribution in [2.75, 3.05) is 0 Å². The molecule has 0 spiro atoms. The molecular weight excluding hydrogens is 296 g/mol. The summed E-state index contributed by atoms with van der Waals surface area (Å²) in [6.45, 7) is 3.98. The van der Waals surface area contributed by atoms with Crippen molar-refractivity contribution in [3.05, 3.63) is 42.0 Å². The predicted molar refractivity (Wildman–Crippen MR) is 84.5 cm³/mol. The summed E-state index contributed by atoms with van der Waals surface area (Å²) in [5.41, 5.74) is 1.83. The van der Waals surface area contributed by atoms with E-state index >= 15 is 0 Å². The molecule has 3 heterocycles. The summed E-state index contributed by atoms with van der Waals surface area (Å²) in [5, 5.41) is 10.1. The Bertz CT molecular complexity index is 784. The van der Waals surface area contributed by atoms with E-state index in [-0.39, 0.29) is 0 Å². The molecule has 0 saturated heterocycles. The largest absolute Gasteiger partial charge is 0.304 e. The van der Waals surface area contributed by atoms with Crippen LogP contribution in [0.25, 0.3) is 11.5 Å². The topological polar surface area (TPSA) is 69.4 Å². The van der Waals surface area contributed by atoms with Gasteiger partial charge in [0.1, 0.15) is 16.5 Å². The van der Waals surface area contributed by atoms with Gasteiger partial charge in [-0.3, -0.25) is 4.98 Å². The molecule has 0 amide bonds. The van der Waals surface area contributed by atoms with E-state index in [0.29, 0.717) is 0 Å². The van der Waals surface area contributed by atoms with Gasteiger partial charge in [-0.2, -0.15) is 0 Å². The Kier molecular flexibility index (Phi) is 4.15. The van der Waals surface area contributed by atoms with Crippen LogP contribution in [0.3, 0.4) is 0 Å². The summed E-state index contributed by atoms with van der Waals surface area (Å²) >= 11 is 1.48. The molecule has 3 aromatic heterocycles. The molecular formula is C15H16N6S. The smallest absolute Gasteiger partial charge is 0.197 e. The molecule has 3 aromatic rings. The van der Waals surface area contributed by atoms with Crippen LogP contribution in [0.1, 0.15) is 18.4 Å². The minimum atomic E-state index is 0.740. The van der Waals surface area contributed by atoms with Crippen LogP contribution >= 0.6 is 11.8 Å². The molecule has 0 bridgehead atoms. The first-order valence-electron chi connectivity index (χ1n) is 7.00. The Morgan fingerprint density at radius 1 is 1.18 bits per heavy atom. The summed E-state index contributed by atoms with van der Waals surface area (Å²) in [5.74, 6) is 1.51. The maximum atomic E-state index is 4.46. The molecule has 0 atom stereocenters. The third-order valence-electron chi connectivity index (χ3n) is 3.15. The van der Waals surface area contributed by atoms with Gasteiger partial charge in [0.15, 0.2) is 11.0 Å². The van der Waals surface area contributed by atoms with Crippen molar-refractivity contribution in [3.63, 3.8) is 0 Å². The zero-order valence-electron chi connectivity index (χ0n) is 12.7. The van der Waals surface area contributed by atoms with Gasteiger partial charge in [0, 0.05) is 18.9 Å². The van der Waals surface area contributed by atoms with Crippen molar-refractivity contribution in [2.45, 2.75) is 30.5 Å². The molecule has 0 radical (unpaired) electrons. The highest BCUT2D eigenvalue weighted by Gasteiger charge is 2.13. The second kappa shape index (κ2) is 6.23. The number of hydrogen-bond donors (Lipinski definition) is 0. The molecule has 0 aliphatic carbocycles. The molecule has 0 fully saturated rings. The van der Waals surface area contributed by atoms with Gasteiger partial charge in [-0.25, -0.2) is 9.97 Å². The summed E-state index contributed by atoms with van der Waals surface area (Å²) in [6, 6.07) is 7.73. The minimum Gasteiger partial charge on any atom is -0.304 e. The van der Waals surface area contributed by atoms with Gasteiger partial charge in [-0.05, 0) is 43.3 Å². The molecule has 0 aliphatic rings. The number of pyridine rings is 1. The van der Waals surface area contributed by atoms with E-state index in [2.05, 4.69) is 32.1 Å². The highest BCUT2D eigenvalue weighted by atomic mass is 32.2. The highest BCUT2D eigenvalue weighted by Crippen LogP contribution is 2.27. The van der Waals surface area contributed by atoms with Crippen molar-refractivity contribution in [1.29, 1.82) is 0 Å². The fourth-order valence-corrected chi connectivity index (χ4v) is 2.91. The van der Waals surface area contributed by atoms with E-state index in [9.17, 15) is 0 Å². The first-order chi connectivity index (χ1) is 10.7. The SMILES string of the molecule is CCc1cc(Sc2nnc(-c3ccccn3)n2C)nc(C)n1. The molecule has 0 saturated carbocycles. The van der Waals surface area contributed by atoms with E-state index in [4.69, 9.17) is 0 Å². The molecule has 22 heavy (non-hydrogen) atoms. The van der Waals surface area contributed by atoms with Crippen LogP contribution in [0.4, 0.5) is 0 Å². The lowest BCUT2D eigenvalue weighted by molar-refractivity contribution is 0.788. The molecule has 0 aliphatic heterocycles. The number of hydrogen-bond acceptors (Lipinski definition) is 6. The lowest BCUT2D eigenvalue weighted by Crippen LogP contribution is -1.98. The van der Waals surface area contributed by atoms with E-state index in [1.807, 2.05) is 42.8 Å². The lowest BCUT2D eigenvalue weighted by atomic mass is 10.3. The maximum absolute atomic E-state index is 4.46. The monoisotopic (exact) mass is 312 g/mol. The van der Waals surface area contributed by atoms with Crippen molar-refractivity contribution in [3.8, 4) is 11.5 Å². The van der Waals surface area contributed by atoms with E-state index < -0.39 is 0 Å². The fourth-order valence-electron chi connectivity index (χ4n) is 2.05. The zero-order chi connectivity index (χ0) is 15.5. The van der Waals surface area contributed by atoms with Crippen LogP contribution in [-0.2, 0) is 13.5 Å². The van der Waals surface area contributed by atoms with Crippen LogP contribution in [0.15, 0.2) is 40.6 Å². The van der Waals surface area contributed by atoms with Gasteiger partial charge in [-0.15, -0.1) is 10.2 Å². The Morgan fingerprint density at radius 2 is 2.05 bits per heavy atom. The van der Waals surface area contributed by atoms with E-state index in [1.165, 1.54) is 11.8 Å². The first kappa shape index (κ1) is 14.6. The summed E-state index contributed by atoms with van der Waals surface area (Å²) in [4.78, 5) is 13.2. The van der Waals surface area contributed by atoms with Crippen molar-refractivity contribution in [1.82, 2.24) is 29.7 Å². The summed E-state index contributed by atoms with van der Waals surface area (Å²) in [6.07, 6.45) is 2.63. The quantitative estimate of drug-likeness (QED) is 0.690. The molecule has 3 rings (SSSR count). The average molecular weight is 312 g/mol. The Balaban J connectivity index is 1.91. The molecule has 0 unspecified atom stereocenters. The zero-order valence-corrected chi connectivity index (χ0v) is 13.5. The van der Waals surface area contributed by atoms with Crippen molar-refractivity contribution < 1.29 is 0 Å². The second-order valence-electron chi connectivity index (χ2n) is 4.78. The van der Waals surface area contributed by atoms with Crippen molar-refractivity contribution in [2.24, 2.45) is 7.05 Å². The highest BCUT2D eigenvalue weighted by molar-refractivity contribution is 7.99. The standard InChI is InChI=1S/C15H16N6S/c1-4-11-9-13(18-10(2)17-11)22-15-20-19-14(21(15)3)12-7-5-6-8-16-12/h5-9H,4H2,1-3H3. The minimum absolute atomic E-state index is 0.740. The van der Waals surface area contributed by atoms with E-state index in [0.717, 1.165) is 39.6 Å². The molecule has 0 aromatic carbocycles. The predicted octanol–water partition coefficient (Wildman–Crippen LogP) is 2.69. The molecule has 6 nitrogen and oxygen atoms in total. The maximum Gasteiger partial charge on any atom is 0.197 e. The van der Waals surface area contributed by atoms with Crippen LogP contribution in [0, 0.1) is 6.92 Å². The van der Waals surface area contributed by atoms with Gasteiger partial charge in [0.2, 0.25) is 0 Å². The molecule has 112 valence electrons. The van der Waals surface area contributed by atoms with Crippen LogP contribution in [0.2, 0.25) is 0 Å². The summed E-state index contributed by atoms with van der Waals surface area (Å²) in [7, 11) is 1.93. The number of rotatable bonds is 4. The van der Waals surface area contributed by atoms with Crippen LogP contribution < -0.4 is 0 Å². The van der Waals surface area contributed by atoms with Gasteiger partial charge in [-0.1, -0.05) is 13.0 Å². The summed E-state index contributed by atoms with van der Waals surface area (Å²) < 4.78 is 1.93. The molecule has 0 N–H and O–H groups in total. The average Bonchev–Trinajstić information content (AvgIpc) is 2.88. The number of nitrogens with zero attached hydrogens (tertiary/aromatic N) is 6.